The highest BCUT2D eigenvalue weighted by atomic mass is 32.2. The van der Waals surface area contributed by atoms with Gasteiger partial charge in [0.15, 0.2) is 9.84 Å². The third kappa shape index (κ3) is 5.25. The second-order valence-corrected chi connectivity index (χ2v) is 13.5. The molecular formula is C27H29N3O3S3. The first-order valence-electron chi connectivity index (χ1n) is 12.1. The number of benzene rings is 2. The van der Waals surface area contributed by atoms with Gasteiger partial charge in [0, 0.05) is 36.0 Å². The molecule has 36 heavy (non-hydrogen) atoms. The highest BCUT2D eigenvalue weighted by Crippen LogP contribution is 2.46. The van der Waals surface area contributed by atoms with E-state index >= 15 is 0 Å². The lowest BCUT2D eigenvalue weighted by Gasteiger charge is -2.30. The molecule has 2 aromatic carbocycles. The van der Waals surface area contributed by atoms with Gasteiger partial charge in [-0.25, -0.2) is 13.4 Å². The molecule has 0 unspecified atom stereocenters. The summed E-state index contributed by atoms with van der Waals surface area (Å²) in [5, 5.41) is 4.86. The van der Waals surface area contributed by atoms with E-state index in [0.29, 0.717) is 10.9 Å². The van der Waals surface area contributed by atoms with E-state index in [9.17, 15) is 13.2 Å². The van der Waals surface area contributed by atoms with Crippen molar-refractivity contribution in [2.75, 3.05) is 17.6 Å². The third-order valence-electron chi connectivity index (χ3n) is 6.50. The van der Waals surface area contributed by atoms with Crippen molar-refractivity contribution < 1.29 is 13.2 Å². The number of hydrogen-bond acceptors (Lipinski definition) is 7. The van der Waals surface area contributed by atoms with Gasteiger partial charge in [-0.15, -0.1) is 22.7 Å². The molecule has 0 saturated heterocycles. The van der Waals surface area contributed by atoms with Crippen LogP contribution in [0.5, 0.6) is 0 Å². The smallest absolute Gasteiger partial charge is 0.225 e. The van der Waals surface area contributed by atoms with E-state index in [1.807, 2.05) is 18.2 Å². The van der Waals surface area contributed by atoms with Crippen molar-refractivity contribution >= 4 is 53.6 Å². The fraction of sp³-hybridized carbons (Fsp3) is 0.333. The zero-order valence-corrected chi connectivity index (χ0v) is 22.8. The molecule has 5 rings (SSSR count). The first-order valence-corrected chi connectivity index (χ1v) is 15.4. The summed E-state index contributed by atoms with van der Waals surface area (Å²) >= 11 is 3.27. The minimum atomic E-state index is -3.40. The number of hydrogen-bond donors (Lipinski definition) is 1. The Morgan fingerprint density at radius 1 is 1.08 bits per heavy atom. The number of anilines is 1. The van der Waals surface area contributed by atoms with Crippen LogP contribution in [0.4, 0.5) is 5.00 Å². The molecule has 9 heteroatoms. The Kier molecular flexibility index (Phi) is 7.25. The molecule has 1 N–H and O–H groups in total. The van der Waals surface area contributed by atoms with Gasteiger partial charge in [-0.3, -0.25) is 9.69 Å². The van der Waals surface area contributed by atoms with Crippen molar-refractivity contribution in [2.45, 2.75) is 50.6 Å². The van der Waals surface area contributed by atoms with Crippen molar-refractivity contribution in [3.05, 3.63) is 65.0 Å². The second-order valence-electron chi connectivity index (χ2n) is 9.29. The number of fused-ring (bicyclic) bond motifs is 2. The van der Waals surface area contributed by atoms with Gasteiger partial charge in [0.05, 0.1) is 20.9 Å². The quantitative estimate of drug-likeness (QED) is 0.298. The molecule has 0 saturated carbocycles. The maximum Gasteiger partial charge on any atom is 0.225 e. The highest BCUT2D eigenvalue weighted by Gasteiger charge is 2.28. The minimum absolute atomic E-state index is 0.0561. The van der Waals surface area contributed by atoms with Gasteiger partial charge in [0.2, 0.25) is 5.91 Å². The van der Waals surface area contributed by atoms with Crippen LogP contribution in [0.3, 0.4) is 0 Å². The number of thiazole rings is 1. The fourth-order valence-electron chi connectivity index (χ4n) is 4.52. The molecular weight excluding hydrogens is 511 g/mol. The van der Waals surface area contributed by atoms with Gasteiger partial charge in [0.1, 0.15) is 10.0 Å². The van der Waals surface area contributed by atoms with E-state index < -0.39 is 9.84 Å². The average Bonchev–Trinajstić information content (AvgIpc) is 3.44. The largest absolute Gasteiger partial charge is 0.317 e. The average molecular weight is 540 g/mol. The molecule has 188 valence electrons. The minimum Gasteiger partial charge on any atom is -0.317 e. The fourth-order valence-corrected chi connectivity index (χ4v) is 8.25. The first-order chi connectivity index (χ1) is 17.3. The van der Waals surface area contributed by atoms with E-state index in [1.165, 1.54) is 10.4 Å². The molecule has 0 spiro atoms. The van der Waals surface area contributed by atoms with Crippen molar-refractivity contribution in [3.63, 3.8) is 0 Å². The van der Waals surface area contributed by atoms with Crippen LogP contribution >= 0.6 is 22.7 Å². The van der Waals surface area contributed by atoms with Crippen LogP contribution in [0.25, 0.3) is 20.8 Å². The lowest BCUT2D eigenvalue weighted by molar-refractivity contribution is -0.116. The Bertz CT molecular complexity index is 1460. The maximum absolute atomic E-state index is 12.9. The third-order valence-corrected chi connectivity index (χ3v) is 10.5. The monoisotopic (exact) mass is 539 g/mol. The molecule has 6 nitrogen and oxygen atoms in total. The molecule has 2 aromatic heterocycles. The normalized spacial score (nSPS) is 14.3. The molecule has 0 bridgehead atoms. The SMILES string of the molecule is CC(C)N1CCc2c(sc(NC(=O)CCCS(=O)(=O)c3ccccc3)c2-c2nc3ccccc3s2)C1. The number of amides is 1. The summed E-state index contributed by atoms with van der Waals surface area (Å²) in [6.07, 6.45) is 1.33. The van der Waals surface area contributed by atoms with Crippen LogP contribution in [-0.4, -0.2) is 42.5 Å². The summed E-state index contributed by atoms with van der Waals surface area (Å²) in [6.45, 7) is 6.25. The van der Waals surface area contributed by atoms with Crippen LogP contribution in [0.15, 0.2) is 59.5 Å². The van der Waals surface area contributed by atoms with Crippen LogP contribution in [0.2, 0.25) is 0 Å². The summed E-state index contributed by atoms with van der Waals surface area (Å²) in [6, 6.07) is 16.9. The van der Waals surface area contributed by atoms with E-state index in [4.69, 9.17) is 4.98 Å². The predicted molar refractivity (Wildman–Crippen MR) is 149 cm³/mol. The van der Waals surface area contributed by atoms with Crippen molar-refractivity contribution in [1.82, 2.24) is 9.88 Å². The van der Waals surface area contributed by atoms with Crippen molar-refractivity contribution in [3.8, 4) is 10.6 Å². The van der Waals surface area contributed by atoms with E-state index in [0.717, 1.165) is 45.3 Å². The van der Waals surface area contributed by atoms with Crippen LogP contribution in [-0.2, 0) is 27.6 Å². The molecule has 0 radical (unpaired) electrons. The number of aromatic nitrogens is 1. The Labute approximate surface area is 219 Å². The zero-order chi connectivity index (χ0) is 25.3. The highest BCUT2D eigenvalue weighted by molar-refractivity contribution is 7.91. The second kappa shape index (κ2) is 10.4. The van der Waals surface area contributed by atoms with Crippen LogP contribution in [0.1, 0.15) is 37.1 Å². The Morgan fingerprint density at radius 3 is 2.58 bits per heavy atom. The summed E-state index contributed by atoms with van der Waals surface area (Å²) in [7, 11) is -3.40. The van der Waals surface area contributed by atoms with Crippen molar-refractivity contribution in [2.24, 2.45) is 0 Å². The predicted octanol–water partition coefficient (Wildman–Crippen LogP) is 5.98. The number of thiophene rings is 1. The lowest BCUT2D eigenvalue weighted by atomic mass is 10.0. The summed E-state index contributed by atoms with van der Waals surface area (Å²) in [4.78, 5) is 21.9. The molecule has 1 aliphatic rings. The molecule has 3 heterocycles. The number of nitrogens with zero attached hydrogens (tertiary/aromatic N) is 2. The van der Waals surface area contributed by atoms with E-state index in [1.54, 1.807) is 53.0 Å². The Morgan fingerprint density at radius 2 is 1.83 bits per heavy atom. The van der Waals surface area contributed by atoms with Gasteiger partial charge < -0.3 is 5.32 Å². The maximum atomic E-state index is 12.9. The Balaban J connectivity index is 1.37. The van der Waals surface area contributed by atoms with E-state index in [2.05, 4.69) is 30.1 Å². The lowest BCUT2D eigenvalue weighted by Crippen LogP contribution is -2.35. The standard InChI is InChI=1S/C27H29N3O3S3/c1-18(2)30-15-14-20-23(17-30)35-27(25(20)26-28-21-11-6-7-12-22(21)34-26)29-24(31)13-8-16-36(32,33)19-9-4-3-5-10-19/h3-7,9-12,18H,8,13-17H2,1-2H3,(H,29,31). The van der Waals surface area contributed by atoms with E-state index in [-0.39, 0.29) is 24.5 Å². The molecule has 1 aliphatic heterocycles. The summed E-state index contributed by atoms with van der Waals surface area (Å²) < 4.78 is 26.3. The van der Waals surface area contributed by atoms with Crippen LogP contribution in [0, 0.1) is 0 Å². The van der Waals surface area contributed by atoms with Gasteiger partial charge in [0.25, 0.3) is 0 Å². The zero-order valence-electron chi connectivity index (χ0n) is 20.4. The molecule has 1 amide bonds. The molecule has 0 fully saturated rings. The molecule has 0 atom stereocenters. The van der Waals surface area contributed by atoms with Gasteiger partial charge in [-0.1, -0.05) is 30.3 Å². The molecule has 4 aromatic rings. The Hall–Kier alpha value is -2.59. The topological polar surface area (TPSA) is 79.4 Å². The van der Waals surface area contributed by atoms with Crippen molar-refractivity contribution in [1.29, 1.82) is 0 Å². The summed E-state index contributed by atoms with van der Waals surface area (Å²) in [5.74, 6) is -0.223. The van der Waals surface area contributed by atoms with Gasteiger partial charge in [-0.05, 0) is 56.5 Å². The number of para-hydroxylation sites is 1. The van der Waals surface area contributed by atoms with Gasteiger partial charge >= 0.3 is 0 Å². The van der Waals surface area contributed by atoms with Crippen LogP contribution < -0.4 is 5.32 Å². The molecule has 0 aliphatic carbocycles. The first kappa shape index (κ1) is 25.1. The number of nitrogens with one attached hydrogen (secondary N) is 1. The van der Waals surface area contributed by atoms with Gasteiger partial charge in [-0.2, -0.15) is 0 Å². The number of sulfone groups is 1. The number of rotatable bonds is 8. The number of carbonyl (C=O) groups is 1. The summed E-state index contributed by atoms with van der Waals surface area (Å²) in [5.41, 5.74) is 3.27. The number of carbonyl (C=O) groups excluding carboxylic acids is 1.